The quantitative estimate of drug-likeness (QED) is 0.573. The van der Waals surface area contributed by atoms with Gasteiger partial charge in [-0.15, -0.1) is 0 Å². The minimum atomic E-state index is -1.18. The third-order valence-electron chi connectivity index (χ3n) is 1.89. The smallest absolute Gasteiger partial charge is 0.169 e. The van der Waals surface area contributed by atoms with Crippen molar-refractivity contribution in [1.82, 2.24) is 0 Å². The molecule has 7 nitrogen and oxygen atoms in total. The van der Waals surface area contributed by atoms with Crippen LogP contribution in [-0.2, 0) is 0 Å². The highest BCUT2D eigenvalue weighted by Gasteiger charge is 1.89. The number of hydrogen-bond donors (Lipinski definition) is 2. The summed E-state index contributed by atoms with van der Waals surface area (Å²) in [5, 5.41) is 10.2. The number of pyridine rings is 1. The second-order valence-corrected chi connectivity index (χ2v) is 3.24. The van der Waals surface area contributed by atoms with Crippen molar-refractivity contribution in [3.63, 3.8) is 0 Å². The van der Waals surface area contributed by atoms with E-state index in [1.165, 1.54) is 24.3 Å². The Bertz CT molecular complexity index is 474. The van der Waals surface area contributed by atoms with Crippen LogP contribution in [0.5, 0.6) is 0 Å². The Morgan fingerprint density at radius 1 is 0.895 bits per heavy atom. The van der Waals surface area contributed by atoms with Gasteiger partial charge < -0.3 is 32.3 Å². The molecule has 9 N–H and O–H groups in total. The predicted molar refractivity (Wildman–Crippen MR) is 69.8 cm³/mol. The van der Waals surface area contributed by atoms with Crippen molar-refractivity contribution in [1.29, 1.82) is 0 Å². The molecule has 1 heterocycles. The van der Waals surface area contributed by atoms with Gasteiger partial charge in [-0.05, 0) is 17.7 Å². The average Bonchev–Trinajstić information content (AvgIpc) is 2.31. The third-order valence-corrected chi connectivity index (χ3v) is 1.89. The van der Waals surface area contributed by atoms with Crippen molar-refractivity contribution in [2.75, 3.05) is 11.5 Å². The number of H-pyrrole nitrogens is 1. The molecular weight excluding hydrogens is 250 g/mol. The molecular formula is C12H17N3O4. The summed E-state index contributed by atoms with van der Waals surface area (Å²) in [7, 11) is 0. The number of carboxylic acids is 1. The number of carboxylic acid groups (broad SMARTS) is 1. The number of anilines is 2. The maximum Gasteiger partial charge on any atom is 0.169 e. The van der Waals surface area contributed by atoms with Crippen LogP contribution in [0.15, 0.2) is 48.8 Å². The van der Waals surface area contributed by atoms with Crippen LogP contribution in [0.3, 0.4) is 0 Å². The second kappa shape index (κ2) is 9.40. The highest BCUT2D eigenvalue weighted by Crippen LogP contribution is 2.03. The predicted octanol–water partition coefficient (Wildman–Crippen LogP) is -1.93. The molecule has 2 rings (SSSR count). The van der Waals surface area contributed by atoms with Crippen LogP contribution >= 0.6 is 0 Å². The fourth-order valence-electron chi connectivity index (χ4n) is 1.02. The van der Waals surface area contributed by atoms with E-state index >= 15 is 0 Å². The van der Waals surface area contributed by atoms with Crippen molar-refractivity contribution in [3.8, 4) is 0 Å². The third kappa shape index (κ3) is 7.31. The van der Waals surface area contributed by atoms with Crippen LogP contribution in [0.4, 0.5) is 11.4 Å². The maximum atomic E-state index is 10.2. The lowest BCUT2D eigenvalue weighted by atomic mass is 10.2. The molecule has 0 aliphatic carbocycles. The number of hydrogen-bond acceptors (Lipinski definition) is 4. The lowest BCUT2D eigenvalue weighted by Crippen LogP contribution is -2.21. The highest BCUT2D eigenvalue weighted by molar-refractivity contribution is 5.86. The van der Waals surface area contributed by atoms with Gasteiger partial charge in [-0.2, -0.15) is 0 Å². The normalized spacial score (nSPS) is 8.00. The van der Waals surface area contributed by atoms with Crippen LogP contribution in [0.2, 0.25) is 0 Å². The number of aromatic carboxylic acids is 1. The largest absolute Gasteiger partial charge is 0.545 e. The number of nitrogen functional groups attached to an aromatic ring is 2. The first-order valence-corrected chi connectivity index (χ1v) is 4.88. The summed E-state index contributed by atoms with van der Waals surface area (Å²) in [5.74, 6) is -1.18. The summed E-state index contributed by atoms with van der Waals surface area (Å²) >= 11 is 0. The first-order chi connectivity index (χ1) is 8.09. The number of aromatic amines is 1. The molecule has 0 saturated carbocycles. The maximum absolute atomic E-state index is 10.2. The van der Waals surface area contributed by atoms with Gasteiger partial charge in [-0.25, -0.2) is 4.98 Å². The lowest BCUT2D eigenvalue weighted by Gasteiger charge is -2.00. The molecule has 0 unspecified atom stereocenters. The number of nitrogens with one attached hydrogen (secondary N) is 1. The van der Waals surface area contributed by atoms with Crippen molar-refractivity contribution in [2.24, 2.45) is 0 Å². The standard InChI is InChI=1S/C7H7NO2.C5H6N2.2H2O/c8-6-3-1-5(2-4-6)7(9)10;6-5-1-3-7-4-2-5;;/h1-4H,8H2,(H,9,10);1-4H,(H2,6,7);2*1H2. The number of rotatable bonds is 1. The van der Waals surface area contributed by atoms with E-state index in [9.17, 15) is 9.90 Å². The van der Waals surface area contributed by atoms with Gasteiger partial charge in [0.05, 0.1) is 5.97 Å². The molecule has 0 amide bonds. The first-order valence-electron chi connectivity index (χ1n) is 4.88. The van der Waals surface area contributed by atoms with Gasteiger partial charge in [0.1, 0.15) is 0 Å². The van der Waals surface area contributed by atoms with Gasteiger partial charge in [-0.1, -0.05) is 12.1 Å². The van der Waals surface area contributed by atoms with Gasteiger partial charge in [0.2, 0.25) is 0 Å². The molecule has 1 aromatic carbocycles. The van der Waals surface area contributed by atoms with E-state index in [2.05, 4.69) is 4.98 Å². The van der Waals surface area contributed by atoms with E-state index in [4.69, 9.17) is 11.5 Å². The summed E-state index contributed by atoms with van der Waals surface area (Å²) in [4.78, 5) is 13.0. The molecule has 7 heteroatoms. The Kier molecular flexibility index (Phi) is 9.26. The zero-order chi connectivity index (χ0) is 12.7. The SMILES string of the molecule is Nc1cc[nH+]cc1.Nc1ccc(C(=O)[O-])cc1.O.O. The minimum absolute atomic E-state index is 0. The molecule has 0 spiro atoms. The van der Waals surface area contributed by atoms with Gasteiger partial charge >= 0.3 is 0 Å². The summed E-state index contributed by atoms with van der Waals surface area (Å²) in [5.41, 5.74) is 12.1. The van der Waals surface area contributed by atoms with Gasteiger partial charge in [0.25, 0.3) is 0 Å². The van der Waals surface area contributed by atoms with Crippen molar-refractivity contribution < 1.29 is 25.8 Å². The Labute approximate surface area is 110 Å². The van der Waals surface area contributed by atoms with E-state index < -0.39 is 5.97 Å². The Hall–Kier alpha value is -2.64. The molecule has 0 bridgehead atoms. The summed E-state index contributed by atoms with van der Waals surface area (Å²) < 4.78 is 0. The fourth-order valence-corrected chi connectivity index (χ4v) is 1.02. The number of carbonyl (C=O) groups excluding carboxylic acids is 1. The van der Waals surface area contributed by atoms with Gasteiger partial charge in [0, 0.05) is 23.5 Å². The summed E-state index contributed by atoms with van der Waals surface area (Å²) in [6.45, 7) is 0. The van der Waals surface area contributed by atoms with E-state index in [0.29, 0.717) is 5.69 Å². The Morgan fingerprint density at radius 3 is 1.63 bits per heavy atom. The van der Waals surface area contributed by atoms with Gasteiger partial charge in [-0.3, -0.25) is 0 Å². The molecule has 19 heavy (non-hydrogen) atoms. The van der Waals surface area contributed by atoms with Crippen LogP contribution in [0.1, 0.15) is 10.4 Å². The van der Waals surface area contributed by atoms with Crippen molar-refractivity contribution >= 4 is 17.3 Å². The van der Waals surface area contributed by atoms with Crippen molar-refractivity contribution in [3.05, 3.63) is 54.4 Å². The van der Waals surface area contributed by atoms with E-state index in [-0.39, 0.29) is 16.5 Å². The number of nitrogens with two attached hydrogens (primary N) is 2. The number of carbonyl (C=O) groups is 1. The van der Waals surface area contributed by atoms with E-state index in [1.54, 1.807) is 24.5 Å². The van der Waals surface area contributed by atoms with E-state index in [0.717, 1.165) is 5.69 Å². The first kappa shape index (κ1) is 18.7. The lowest BCUT2D eigenvalue weighted by molar-refractivity contribution is -0.377. The van der Waals surface area contributed by atoms with Crippen molar-refractivity contribution in [2.45, 2.75) is 0 Å². The molecule has 0 atom stereocenters. The molecule has 104 valence electrons. The Balaban J connectivity index is 0. The molecule has 0 radical (unpaired) electrons. The molecule has 0 aliphatic heterocycles. The molecule has 2 aromatic rings. The van der Waals surface area contributed by atoms with Crippen LogP contribution in [0, 0.1) is 0 Å². The fraction of sp³-hybridized carbons (Fsp3) is 0. The van der Waals surface area contributed by atoms with E-state index in [1.807, 2.05) is 0 Å². The zero-order valence-electron chi connectivity index (χ0n) is 10.1. The summed E-state index contributed by atoms with van der Waals surface area (Å²) in [6, 6.07) is 9.46. The van der Waals surface area contributed by atoms with Crippen LogP contribution < -0.4 is 21.6 Å². The number of benzene rings is 1. The number of aromatic nitrogens is 1. The minimum Gasteiger partial charge on any atom is -0.545 e. The monoisotopic (exact) mass is 267 g/mol. The van der Waals surface area contributed by atoms with Crippen LogP contribution in [-0.4, -0.2) is 16.9 Å². The second-order valence-electron chi connectivity index (χ2n) is 3.24. The molecule has 0 fully saturated rings. The molecule has 1 aromatic heterocycles. The topological polar surface area (TPSA) is 169 Å². The Morgan fingerprint density at radius 2 is 1.32 bits per heavy atom. The molecule has 0 saturated heterocycles. The van der Waals surface area contributed by atoms with Gasteiger partial charge in [0.15, 0.2) is 12.4 Å². The zero-order valence-corrected chi connectivity index (χ0v) is 10.1. The van der Waals surface area contributed by atoms with Crippen LogP contribution in [0.25, 0.3) is 0 Å². The summed E-state index contributed by atoms with van der Waals surface area (Å²) in [6.07, 6.45) is 3.57. The molecule has 0 aliphatic rings. The average molecular weight is 267 g/mol. The highest BCUT2D eigenvalue weighted by atomic mass is 16.4.